The molecule has 1 N–H and O–H groups in total. The van der Waals surface area contributed by atoms with E-state index in [9.17, 15) is 13.2 Å². The van der Waals surface area contributed by atoms with Crippen LogP contribution in [0.15, 0.2) is 18.2 Å². The Balaban J connectivity index is 2.38. The summed E-state index contributed by atoms with van der Waals surface area (Å²) in [6.45, 7) is 1.46. The summed E-state index contributed by atoms with van der Waals surface area (Å²) < 4.78 is 49.2. The molecule has 0 radical (unpaired) electrons. The molecule has 18 heavy (non-hydrogen) atoms. The minimum atomic E-state index is -4.41. The number of hydrogen-bond acceptors (Lipinski definition) is 3. The highest BCUT2D eigenvalue weighted by Crippen LogP contribution is 2.37. The maximum absolute atomic E-state index is 13.0. The van der Waals surface area contributed by atoms with Gasteiger partial charge in [0.1, 0.15) is 5.75 Å². The summed E-state index contributed by atoms with van der Waals surface area (Å²) in [5.74, 6) is 0.190. The van der Waals surface area contributed by atoms with Crippen LogP contribution in [0, 0.1) is 0 Å². The van der Waals surface area contributed by atoms with Crippen molar-refractivity contribution in [1.29, 1.82) is 0 Å². The molecule has 0 saturated carbocycles. The van der Waals surface area contributed by atoms with Gasteiger partial charge in [-0.3, -0.25) is 0 Å². The van der Waals surface area contributed by atoms with Crippen molar-refractivity contribution in [1.82, 2.24) is 5.32 Å². The van der Waals surface area contributed by atoms with Crippen LogP contribution in [-0.4, -0.2) is 26.8 Å². The molecule has 1 saturated heterocycles. The molecule has 1 aliphatic rings. The van der Waals surface area contributed by atoms with Crippen molar-refractivity contribution < 1.29 is 22.6 Å². The van der Waals surface area contributed by atoms with E-state index in [0.717, 1.165) is 6.07 Å². The largest absolute Gasteiger partial charge is 0.497 e. The van der Waals surface area contributed by atoms with Crippen LogP contribution in [0.1, 0.15) is 17.2 Å². The molecule has 0 aromatic heterocycles. The van der Waals surface area contributed by atoms with Crippen LogP contribution in [0.2, 0.25) is 0 Å². The highest BCUT2D eigenvalue weighted by Gasteiger charge is 2.36. The summed E-state index contributed by atoms with van der Waals surface area (Å²) >= 11 is 0. The first-order valence-electron chi connectivity index (χ1n) is 5.60. The Labute approximate surface area is 103 Å². The van der Waals surface area contributed by atoms with E-state index in [4.69, 9.17) is 9.47 Å². The van der Waals surface area contributed by atoms with E-state index in [1.807, 2.05) is 0 Å². The Hall–Kier alpha value is -1.27. The number of halogens is 3. The van der Waals surface area contributed by atoms with Gasteiger partial charge in [0.25, 0.3) is 0 Å². The van der Waals surface area contributed by atoms with Gasteiger partial charge in [-0.15, -0.1) is 0 Å². The molecule has 0 spiro atoms. The zero-order valence-electron chi connectivity index (χ0n) is 9.88. The second kappa shape index (κ2) is 5.16. The summed E-state index contributed by atoms with van der Waals surface area (Å²) in [7, 11) is 1.34. The van der Waals surface area contributed by atoms with E-state index >= 15 is 0 Å². The fourth-order valence-electron chi connectivity index (χ4n) is 1.95. The normalized spacial score (nSPS) is 20.8. The number of hydrogen-bond donors (Lipinski definition) is 1. The predicted molar refractivity (Wildman–Crippen MR) is 59.6 cm³/mol. The molecule has 0 bridgehead atoms. The van der Waals surface area contributed by atoms with Crippen molar-refractivity contribution in [2.24, 2.45) is 0 Å². The third-order valence-electron chi connectivity index (χ3n) is 2.84. The van der Waals surface area contributed by atoms with Crippen LogP contribution in [0.5, 0.6) is 5.75 Å². The van der Waals surface area contributed by atoms with Crippen molar-refractivity contribution in [2.45, 2.75) is 12.3 Å². The molecule has 1 aliphatic heterocycles. The smallest absolute Gasteiger partial charge is 0.416 e. The monoisotopic (exact) mass is 261 g/mol. The number of nitrogens with one attached hydrogen (secondary N) is 1. The molecule has 1 unspecified atom stereocenters. The van der Waals surface area contributed by atoms with Gasteiger partial charge in [-0.25, -0.2) is 0 Å². The molecule has 6 heteroatoms. The number of morpholine rings is 1. The summed E-state index contributed by atoms with van der Waals surface area (Å²) in [5, 5.41) is 3.02. The number of methoxy groups -OCH3 is 1. The number of alkyl halides is 3. The van der Waals surface area contributed by atoms with Crippen molar-refractivity contribution >= 4 is 0 Å². The van der Waals surface area contributed by atoms with Crippen LogP contribution in [-0.2, 0) is 10.9 Å². The zero-order chi connectivity index (χ0) is 13.2. The summed E-state index contributed by atoms with van der Waals surface area (Å²) in [5.41, 5.74) is -0.550. The summed E-state index contributed by atoms with van der Waals surface area (Å²) in [6.07, 6.45) is -4.98. The average Bonchev–Trinajstić information content (AvgIpc) is 2.38. The molecule has 2 rings (SSSR count). The lowest BCUT2D eigenvalue weighted by Crippen LogP contribution is -2.34. The fraction of sp³-hybridized carbons (Fsp3) is 0.500. The van der Waals surface area contributed by atoms with Gasteiger partial charge < -0.3 is 14.8 Å². The highest BCUT2D eigenvalue weighted by molar-refractivity contribution is 5.39. The first-order chi connectivity index (χ1) is 8.52. The van der Waals surface area contributed by atoms with E-state index in [-0.39, 0.29) is 11.3 Å². The van der Waals surface area contributed by atoms with Gasteiger partial charge in [0.05, 0.1) is 25.4 Å². The van der Waals surface area contributed by atoms with Crippen LogP contribution < -0.4 is 10.1 Å². The lowest BCUT2D eigenvalue weighted by atomic mass is 10.0. The van der Waals surface area contributed by atoms with Crippen LogP contribution in [0.3, 0.4) is 0 Å². The second-order valence-corrected chi connectivity index (χ2v) is 4.01. The van der Waals surface area contributed by atoms with Crippen LogP contribution >= 0.6 is 0 Å². The van der Waals surface area contributed by atoms with Gasteiger partial charge in [-0.2, -0.15) is 13.2 Å². The Kier molecular flexibility index (Phi) is 3.77. The van der Waals surface area contributed by atoms with Crippen LogP contribution in [0.25, 0.3) is 0 Å². The SMILES string of the molecule is COc1ccc(C2CNCCO2)c(C(F)(F)F)c1. The Bertz CT molecular complexity index is 414. The third-order valence-corrected chi connectivity index (χ3v) is 2.84. The molecule has 0 amide bonds. The second-order valence-electron chi connectivity index (χ2n) is 4.01. The highest BCUT2D eigenvalue weighted by atomic mass is 19.4. The average molecular weight is 261 g/mol. The lowest BCUT2D eigenvalue weighted by Gasteiger charge is -2.26. The van der Waals surface area contributed by atoms with Gasteiger partial charge in [-0.05, 0) is 17.7 Å². The molecule has 0 aliphatic carbocycles. The molecular weight excluding hydrogens is 247 g/mol. The lowest BCUT2D eigenvalue weighted by molar-refractivity contribution is -0.139. The standard InChI is InChI=1S/C12H14F3NO2/c1-17-8-2-3-9(10(6-8)12(13,14)15)11-7-16-4-5-18-11/h2-3,6,11,16H,4-5,7H2,1H3. The van der Waals surface area contributed by atoms with Crippen molar-refractivity contribution in [2.75, 3.05) is 26.8 Å². The fourth-order valence-corrected chi connectivity index (χ4v) is 1.95. The summed E-state index contributed by atoms with van der Waals surface area (Å²) in [4.78, 5) is 0. The summed E-state index contributed by atoms with van der Waals surface area (Å²) in [6, 6.07) is 3.94. The minimum Gasteiger partial charge on any atom is -0.497 e. The molecule has 1 aromatic rings. The van der Waals surface area contributed by atoms with Crippen molar-refractivity contribution in [3.8, 4) is 5.75 Å². The van der Waals surface area contributed by atoms with Crippen molar-refractivity contribution in [3.05, 3.63) is 29.3 Å². The molecule has 1 atom stereocenters. The van der Waals surface area contributed by atoms with Gasteiger partial charge in [0, 0.05) is 13.1 Å². The minimum absolute atomic E-state index is 0.149. The van der Waals surface area contributed by atoms with Crippen LogP contribution in [0.4, 0.5) is 13.2 Å². The first-order valence-corrected chi connectivity index (χ1v) is 5.60. The quantitative estimate of drug-likeness (QED) is 0.886. The van der Waals surface area contributed by atoms with E-state index in [0.29, 0.717) is 19.7 Å². The first kappa shape index (κ1) is 13.2. The van der Waals surface area contributed by atoms with Gasteiger partial charge >= 0.3 is 6.18 Å². The molecule has 1 fully saturated rings. The number of ether oxygens (including phenoxy) is 2. The molecule has 3 nitrogen and oxygen atoms in total. The number of rotatable bonds is 2. The maximum Gasteiger partial charge on any atom is 0.416 e. The molecular formula is C12H14F3NO2. The van der Waals surface area contributed by atoms with Crippen molar-refractivity contribution in [3.63, 3.8) is 0 Å². The van der Waals surface area contributed by atoms with Gasteiger partial charge in [0.2, 0.25) is 0 Å². The van der Waals surface area contributed by atoms with E-state index in [1.165, 1.54) is 19.2 Å². The van der Waals surface area contributed by atoms with E-state index < -0.39 is 17.8 Å². The Morgan fingerprint density at radius 1 is 1.39 bits per heavy atom. The van der Waals surface area contributed by atoms with Gasteiger partial charge in [0.15, 0.2) is 0 Å². The topological polar surface area (TPSA) is 30.5 Å². The Morgan fingerprint density at radius 3 is 2.72 bits per heavy atom. The molecule has 1 aromatic carbocycles. The molecule has 100 valence electrons. The number of benzene rings is 1. The van der Waals surface area contributed by atoms with E-state index in [1.54, 1.807) is 0 Å². The third kappa shape index (κ3) is 2.76. The molecule has 1 heterocycles. The zero-order valence-corrected chi connectivity index (χ0v) is 9.88. The van der Waals surface area contributed by atoms with Gasteiger partial charge in [-0.1, -0.05) is 6.07 Å². The van der Waals surface area contributed by atoms with E-state index in [2.05, 4.69) is 5.32 Å². The maximum atomic E-state index is 13.0. The Morgan fingerprint density at radius 2 is 2.17 bits per heavy atom. The predicted octanol–water partition coefficient (Wildman–Crippen LogP) is 2.37.